The van der Waals surface area contributed by atoms with Crippen LogP contribution in [0.4, 0.5) is 13.6 Å². The lowest BCUT2D eigenvalue weighted by molar-refractivity contribution is -0.171. The molecule has 0 aromatic carbocycles. The summed E-state index contributed by atoms with van der Waals surface area (Å²) in [4.78, 5) is 13.5. The third-order valence-electron chi connectivity index (χ3n) is 4.09. The predicted molar refractivity (Wildman–Crippen MR) is 71.9 cm³/mol. The van der Waals surface area contributed by atoms with Gasteiger partial charge in [-0.25, -0.2) is 13.6 Å². The molecule has 2 aliphatic heterocycles. The molecule has 1 atom stereocenters. The average Bonchev–Trinajstić information content (AvgIpc) is 2.32. The van der Waals surface area contributed by atoms with Crippen LogP contribution in [0.1, 0.15) is 40.0 Å². The van der Waals surface area contributed by atoms with Crippen molar-refractivity contribution in [3.63, 3.8) is 0 Å². The quantitative estimate of drug-likeness (QED) is 0.745. The van der Waals surface area contributed by atoms with Crippen molar-refractivity contribution < 1.29 is 18.3 Å². The molecule has 0 saturated carbocycles. The van der Waals surface area contributed by atoms with Gasteiger partial charge in [-0.05, 0) is 40.2 Å². The fourth-order valence-corrected chi connectivity index (χ4v) is 3.00. The minimum absolute atomic E-state index is 0.0592. The molecule has 1 spiro atoms. The second-order valence-electron chi connectivity index (χ2n) is 6.92. The lowest BCUT2D eigenvalue weighted by Crippen LogP contribution is -2.62. The molecular formula is C14H24F2N2O2. The molecule has 2 rings (SSSR count). The molecule has 2 saturated heterocycles. The summed E-state index contributed by atoms with van der Waals surface area (Å²) in [6.45, 7) is 6.50. The molecule has 116 valence electrons. The van der Waals surface area contributed by atoms with Gasteiger partial charge in [0.15, 0.2) is 0 Å². The van der Waals surface area contributed by atoms with E-state index in [1.165, 1.54) is 4.90 Å². The molecule has 0 bridgehead atoms. The van der Waals surface area contributed by atoms with Gasteiger partial charge in [-0.2, -0.15) is 0 Å². The van der Waals surface area contributed by atoms with Crippen LogP contribution in [0.15, 0.2) is 0 Å². The number of amides is 1. The number of alkyl halides is 2. The van der Waals surface area contributed by atoms with Gasteiger partial charge in [-0.3, -0.25) is 0 Å². The van der Waals surface area contributed by atoms with Crippen molar-refractivity contribution in [1.82, 2.24) is 10.2 Å². The van der Waals surface area contributed by atoms with E-state index in [0.29, 0.717) is 6.42 Å². The molecule has 1 N–H and O–H groups in total. The van der Waals surface area contributed by atoms with Crippen LogP contribution >= 0.6 is 0 Å². The van der Waals surface area contributed by atoms with Crippen molar-refractivity contribution >= 4 is 6.09 Å². The SMILES string of the molecule is CC(C)(C)OC(=O)N1CCC(F)(F)C2(CCCNC2)C1. The number of hydrogen-bond donors (Lipinski definition) is 1. The normalized spacial score (nSPS) is 30.4. The van der Waals surface area contributed by atoms with Gasteiger partial charge in [-0.1, -0.05) is 0 Å². The van der Waals surface area contributed by atoms with Gasteiger partial charge in [0.25, 0.3) is 5.92 Å². The molecule has 0 aliphatic carbocycles. The molecule has 1 amide bonds. The fourth-order valence-electron chi connectivity index (χ4n) is 3.00. The predicted octanol–water partition coefficient (Wildman–Crippen LogP) is 2.63. The Balaban J connectivity index is 2.10. The first-order valence-corrected chi connectivity index (χ1v) is 7.22. The van der Waals surface area contributed by atoms with Crippen LogP contribution < -0.4 is 5.32 Å². The summed E-state index contributed by atoms with van der Waals surface area (Å²) in [5.41, 5.74) is -1.74. The highest BCUT2D eigenvalue weighted by Gasteiger charge is 2.57. The van der Waals surface area contributed by atoms with Crippen molar-refractivity contribution in [2.45, 2.75) is 51.6 Å². The Bertz CT molecular complexity index is 374. The summed E-state index contributed by atoms with van der Waals surface area (Å²) in [6, 6.07) is 0. The van der Waals surface area contributed by atoms with Gasteiger partial charge in [-0.15, -0.1) is 0 Å². The van der Waals surface area contributed by atoms with Crippen LogP contribution in [-0.4, -0.2) is 48.7 Å². The van der Waals surface area contributed by atoms with Gasteiger partial charge < -0.3 is 15.0 Å². The van der Waals surface area contributed by atoms with Crippen molar-refractivity contribution in [2.75, 3.05) is 26.2 Å². The van der Waals surface area contributed by atoms with E-state index >= 15 is 0 Å². The van der Waals surface area contributed by atoms with Gasteiger partial charge in [0.05, 0.1) is 5.41 Å². The van der Waals surface area contributed by atoms with E-state index in [4.69, 9.17) is 4.74 Å². The van der Waals surface area contributed by atoms with E-state index in [9.17, 15) is 13.6 Å². The lowest BCUT2D eigenvalue weighted by Gasteiger charge is -2.49. The first-order chi connectivity index (χ1) is 9.15. The van der Waals surface area contributed by atoms with E-state index in [1.54, 1.807) is 20.8 Å². The van der Waals surface area contributed by atoms with E-state index in [1.807, 2.05) is 0 Å². The number of rotatable bonds is 0. The number of hydrogen-bond acceptors (Lipinski definition) is 3. The first kappa shape index (κ1) is 15.5. The highest BCUT2D eigenvalue weighted by atomic mass is 19.3. The molecule has 2 heterocycles. The third kappa shape index (κ3) is 3.05. The second-order valence-corrected chi connectivity index (χ2v) is 6.92. The highest BCUT2D eigenvalue weighted by molar-refractivity contribution is 5.68. The summed E-state index contributed by atoms with van der Waals surface area (Å²) in [5.74, 6) is -2.72. The van der Waals surface area contributed by atoms with Gasteiger partial charge in [0.1, 0.15) is 5.60 Å². The smallest absolute Gasteiger partial charge is 0.410 e. The van der Waals surface area contributed by atoms with Crippen LogP contribution in [0, 0.1) is 5.41 Å². The number of nitrogens with one attached hydrogen (secondary N) is 1. The molecule has 0 aromatic heterocycles. The van der Waals surface area contributed by atoms with Crippen molar-refractivity contribution in [2.24, 2.45) is 5.41 Å². The van der Waals surface area contributed by atoms with E-state index in [0.717, 1.165) is 13.0 Å². The first-order valence-electron chi connectivity index (χ1n) is 7.22. The average molecular weight is 290 g/mol. The zero-order valence-corrected chi connectivity index (χ0v) is 12.5. The van der Waals surface area contributed by atoms with E-state index in [2.05, 4.69) is 5.32 Å². The number of likely N-dealkylation sites (tertiary alicyclic amines) is 1. The van der Waals surface area contributed by atoms with Gasteiger partial charge >= 0.3 is 6.09 Å². The van der Waals surface area contributed by atoms with Crippen LogP contribution in [0.5, 0.6) is 0 Å². The van der Waals surface area contributed by atoms with Crippen LogP contribution in [0.3, 0.4) is 0 Å². The molecule has 1 unspecified atom stereocenters. The largest absolute Gasteiger partial charge is 0.444 e. The number of nitrogens with zero attached hydrogens (tertiary/aromatic N) is 1. The molecule has 0 radical (unpaired) electrons. The summed E-state index contributed by atoms with van der Waals surface area (Å²) in [7, 11) is 0. The summed E-state index contributed by atoms with van der Waals surface area (Å²) < 4.78 is 33.9. The minimum Gasteiger partial charge on any atom is -0.444 e. The number of carbonyl (C=O) groups is 1. The minimum atomic E-state index is -2.72. The lowest BCUT2D eigenvalue weighted by atomic mass is 9.71. The molecule has 20 heavy (non-hydrogen) atoms. The number of halogens is 2. The monoisotopic (exact) mass is 290 g/mol. The Labute approximate surface area is 118 Å². The summed E-state index contributed by atoms with van der Waals surface area (Å²) in [6.07, 6.45) is 0.399. The molecule has 2 fully saturated rings. The topological polar surface area (TPSA) is 41.6 Å². The summed E-state index contributed by atoms with van der Waals surface area (Å²) >= 11 is 0. The maximum atomic E-state index is 14.3. The molecule has 2 aliphatic rings. The number of carbonyl (C=O) groups excluding carboxylic acids is 1. The third-order valence-corrected chi connectivity index (χ3v) is 4.09. The Morgan fingerprint density at radius 3 is 2.55 bits per heavy atom. The molecule has 0 aromatic rings. The van der Waals surface area contributed by atoms with Crippen LogP contribution in [-0.2, 0) is 4.74 Å². The Morgan fingerprint density at radius 1 is 1.30 bits per heavy atom. The standard InChI is InChI=1S/C14H24F2N2O2/c1-12(2,3)20-11(19)18-8-6-14(15,16)13(10-18)5-4-7-17-9-13/h17H,4-10H2,1-3H3. The van der Waals surface area contributed by atoms with Crippen LogP contribution in [0.2, 0.25) is 0 Å². The van der Waals surface area contributed by atoms with Gasteiger partial charge in [0, 0.05) is 26.1 Å². The van der Waals surface area contributed by atoms with Crippen molar-refractivity contribution in [1.29, 1.82) is 0 Å². The van der Waals surface area contributed by atoms with E-state index < -0.39 is 23.0 Å². The molecule has 4 nitrogen and oxygen atoms in total. The maximum absolute atomic E-state index is 14.3. The highest BCUT2D eigenvalue weighted by Crippen LogP contribution is 2.47. The van der Waals surface area contributed by atoms with Crippen molar-refractivity contribution in [3.05, 3.63) is 0 Å². The molecular weight excluding hydrogens is 266 g/mol. The number of piperidine rings is 2. The maximum Gasteiger partial charge on any atom is 0.410 e. The van der Waals surface area contributed by atoms with E-state index in [-0.39, 0.29) is 26.1 Å². The van der Waals surface area contributed by atoms with Gasteiger partial charge in [0.2, 0.25) is 0 Å². The molecule has 6 heteroatoms. The number of ether oxygens (including phenoxy) is 1. The summed E-state index contributed by atoms with van der Waals surface area (Å²) in [5, 5.41) is 3.05. The second kappa shape index (κ2) is 5.13. The van der Waals surface area contributed by atoms with Crippen molar-refractivity contribution in [3.8, 4) is 0 Å². The zero-order chi connectivity index (χ0) is 15.0. The fraction of sp³-hybridized carbons (Fsp3) is 0.929. The Hall–Kier alpha value is -0.910. The zero-order valence-electron chi connectivity index (χ0n) is 12.5. The Kier molecular flexibility index (Phi) is 3.97. The Morgan fingerprint density at radius 2 is 2.00 bits per heavy atom. The van der Waals surface area contributed by atoms with Crippen LogP contribution in [0.25, 0.3) is 0 Å².